The normalized spacial score (nSPS) is 13.5. The minimum atomic E-state index is -0.748. The molecule has 0 aromatic heterocycles. The zero-order valence-corrected chi connectivity index (χ0v) is 13.7. The third-order valence-electron chi connectivity index (χ3n) is 4.08. The van der Waals surface area contributed by atoms with Crippen molar-refractivity contribution in [1.82, 2.24) is 5.32 Å². The van der Waals surface area contributed by atoms with Crippen LogP contribution in [0, 0.1) is 10.1 Å². The van der Waals surface area contributed by atoms with Gasteiger partial charge in [0.1, 0.15) is 5.56 Å². The standard InChI is InChI=1S/C18H17N3O4/c1-25-18(22)16-4-2-3-13(17(16)21(23)24)11-20-15-6-5-12-7-8-19-10-14(12)9-15/h2-6,9,11,19H,7-8,10H2,1H3. The summed E-state index contributed by atoms with van der Waals surface area (Å²) in [6.45, 7) is 1.75. The van der Waals surface area contributed by atoms with Gasteiger partial charge < -0.3 is 10.1 Å². The van der Waals surface area contributed by atoms with Crippen LogP contribution in [0.15, 0.2) is 41.4 Å². The van der Waals surface area contributed by atoms with Gasteiger partial charge in [0.15, 0.2) is 0 Å². The predicted octanol–water partition coefficient (Wildman–Crippen LogP) is 2.78. The highest BCUT2D eigenvalue weighted by molar-refractivity contribution is 5.99. The summed E-state index contributed by atoms with van der Waals surface area (Å²) < 4.78 is 4.61. The molecular weight excluding hydrogens is 322 g/mol. The number of nitro benzene ring substituents is 1. The molecule has 128 valence electrons. The minimum Gasteiger partial charge on any atom is -0.465 e. The molecule has 0 fully saturated rings. The van der Waals surface area contributed by atoms with E-state index in [1.165, 1.54) is 30.5 Å². The Morgan fingerprint density at radius 2 is 2.16 bits per heavy atom. The van der Waals surface area contributed by atoms with Crippen molar-refractivity contribution in [2.24, 2.45) is 4.99 Å². The molecule has 1 aliphatic rings. The lowest BCUT2D eigenvalue weighted by atomic mass is 10.0. The van der Waals surface area contributed by atoms with E-state index in [-0.39, 0.29) is 16.8 Å². The Labute approximate surface area is 144 Å². The molecule has 0 aliphatic carbocycles. The summed E-state index contributed by atoms with van der Waals surface area (Å²) in [4.78, 5) is 26.9. The van der Waals surface area contributed by atoms with Crippen LogP contribution in [0.3, 0.4) is 0 Å². The summed E-state index contributed by atoms with van der Waals surface area (Å²) in [6.07, 6.45) is 2.38. The number of carbonyl (C=O) groups is 1. The Hall–Kier alpha value is -3.06. The molecule has 0 unspecified atom stereocenters. The highest BCUT2D eigenvalue weighted by Crippen LogP contribution is 2.25. The Kier molecular flexibility index (Phi) is 4.85. The molecular formula is C18H17N3O4. The number of methoxy groups -OCH3 is 1. The number of para-hydroxylation sites is 1. The van der Waals surface area contributed by atoms with Crippen LogP contribution in [-0.2, 0) is 17.7 Å². The monoisotopic (exact) mass is 339 g/mol. The minimum absolute atomic E-state index is 0.0916. The van der Waals surface area contributed by atoms with Gasteiger partial charge in [0.05, 0.1) is 23.3 Å². The molecule has 0 radical (unpaired) electrons. The van der Waals surface area contributed by atoms with Gasteiger partial charge in [-0.05, 0) is 48.4 Å². The number of nitrogens with one attached hydrogen (secondary N) is 1. The van der Waals surface area contributed by atoms with Gasteiger partial charge in [-0.1, -0.05) is 12.1 Å². The van der Waals surface area contributed by atoms with Crippen molar-refractivity contribution in [3.8, 4) is 0 Å². The second kappa shape index (κ2) is 7.23. The molecule has 1 heterocycles. The van der Waals surface area contributed by atoms with Crippen LogP contribution in [0.1, 0.15) is 27.0 Å². The van der Waals surface area contributed by atoms with Crippen LogP contribution >= 0.6 is 0 Å². The van der Waals surface area contributed by atoms with Gasteiger partial charge in [0.2, 0.25) is 0 Å². The van der Waals surface area contributed by atoms with Crippen LogP contribution in [0.2, 0.25) is 0 Å². The average Bonchev–Trinajstić information content (AvgIpc) is 2.65. The number of hydrogen-bond donors (Lipinski definition) is 1. The first-order valence-electron chi connectivity index (χ1n) is 7.82. The highest BCUT2D eigenvalue weighted by Gasteiger charge is 2.24. The number of aliphatic imine (C=N–C) groups is 1. The maximum atomic E-state index is 11.7. The number of nitrogens with zero attached hydrogens (tertiary/aromatic N) is 2. The number of rotatable bonds is 4. The Morgan fingerprint density at radius 1 is 1.32 bits per heavy atom. The number of benzene rings is 2. The molecule has 1 N–H and O–H groups in total. The molecule has 7 heteroatoms. The van der Waals surface area contributed by atoms with Gasteiger partial charge in [-0.25, -0.2) is 4.79 Å². The van der Waals surface area contributed by atoms with Gasteiger partial charge in [0.25, 0.3) is 5.69 Å². The van der Waals surface area contributed by atoms with E-state index < -0.39 is 10.9 Å². The summed E-state index contributed by atoms with van der Waals surface area (Å²) in [6, 6.07) is 10.4. The van der Waals surface area contributed by atoms with Gasteiger partial charge in [0, 0.05) is 12.8 Å². The molecule has 2 aromatic carbocycles. The van der Waals surface area contributed by atoms with Crippen molar-refractivity contribution in [2.45, 2.75) is 13.0 Å². The Balaban J connectivity index is 1.96. The van der Waals surface area contributed by atoms with Gasteiger partial charge >= 0.3 is 5.97 Å². The molecule has 2 aromatic rings. The first-order chi connectivity index (χ1) is 12.1. The Bertz CT molecular complexity index is 861. The number of ether oxygens (including phenoxy) is 1. The molecule has 0 saturated carbocycles. The van der Waals surface area contributed by atoms with Crippen LogP contribution in [0.4, 0.5) is 11.4 Å². The fourth-order valence-corrected chi connectivity index (χ4v) is 2.84. The van der Waals surface area contributed by atoms with E-state index in [0.29, 0.717) is 5.69 Å². The van der Waals surface area contributed by atoms with Crippen LogP contribution in [-0.4, -0.2) is 30.8 Å². The lowest BCUT2D eigenvalue weighted by Gasteiger charge is -2.16. The summed E-state index contributed by atoms with van der Waals surface area (Å²) in [7, 11) is 1.19. The van der Waals surface area contributed by atoms with Crippen molar-refractivity contribution in [3.63, 3.8) is 0 Å². The zero-order chi connectivity index (χ0) is 17.8. The average molecular weight is 339 g/mol. The van der Waals surface area contributed by atoms with E-state index in [4.69, 9.17) is 0 Å². The lowest BCUT2D eigenvalue weighted by Crippen LogP contribution is -2.23. The van der Waals surface area contributed by atoms with E-state index in [1.807, 2.05) is 18.2 Å². The number of nitro groups is 1. The number of esters is 1. The highest BCUT2D eigenvalue weighted by atomic mass is 16.6. The van der Waals surface area contributed by atoms with Crippen molar-refractivity contribution >= 4 is 23.6 Å². The molecule has 0 amide bonds. The molecule has 7 nitrogen and oxygen atoms in total. The topological polar surface area (TPSA) is 93.8 Å². The number of carbonyl (C=O) groups excluding carboxylic acids is 1. The lowest BCUT2D eigenvalue weighted by molar-refractivity contribution is -0.385. The molecule has 25 heavy (non-hydrogen) atoms. The van der Waals surface area contributed by atoms with Crippen molar-refractivity contribution in [3.05, 3.63) is 68.8 Å². The van der Waals surface area contributed by atoms with Crippen molar-refractivity contribution in [2.75, 3.05) is 13.7 Å². The summed E-state index contributed by atoms with van der Waals surface area (Å²) in [5.74, 6) is -0.748. The van der Waals surface area contributed by atoms with Gasteiger partial charge in [-0.3, -0.25) is 15.1 Å². The first-order valence-corrected chi connectivity index (χ1v) is 7.82. The van der Waals surface area contributed by atoms with E-state index in [1.54, 1.807) is 12.1 Å². The molecule has 0 atom stereocenters. The van der Waals surface area contributed by atoms with E-state index in [9.17, 15) is 14.9 Å². The molecule has 0 bridgehead atoms. The quantitative estimate of drug-likeness (QED) is 0.400. The molecule has 3 rings (SSSR count). The number of hydrogen-bond acceptors (Lipinski definition) is 6. The SMILES string of the molecule is COC(=O)c1cccc(C=Nc2ccc3c(c2)CNCC3)c1[N+](=O)[O-]. The van der Waals surface area contributed by atoms with Crippen LogP contribution in [0.25, 0.3) is 0 Å². The van der Waals surface area contributed by atoms with Crippen LogP contribution < -0.4 is 5.32 Å². The van der Waals surface area contributed by atoms with Crippen molar-refractivity contribution in [1.29, 1.82) is 0 Å². The van der Waals surface area contributed by atoms with E-state index in [2.05, 4.69) is 15.0 Å². The maximum Gasteiger partial charge on any atom is 0.344 e. The largest absolute Gasteiger partial charge is 0.465 e. The van der Waals surface area contributed by atoms with Gasteiger partial charge in [-0.15, -0.1) is 0 Å². The summed E-state index contributed by atoms with van der Waals surface area (Å²) in [5.41, 5.74) is 3.03. The molecule has 1 aliphatic heterocycles. The van der Waals surface area contributed by atoms with Gasteiger partial charge in [-0.2, -0.15) is 0 Å². The molecule has 0 saturated heterocycles. The smallest absolute Gasteiger partial charge is 0.344 e. The summed E-state index contributed by atoms with van der Waals surface area (Å²) in [5, 5.41) is 14.7. The van der Waals surface area contributed by atoms with Crippen LogP contribution in [0.5, 0.6) is 0 Å². The third kappa shape index (κ3) is 3.56. The fourth-order valence-electron chi connectivity index (χ4n) is 2.84. The fraction of sp³-hybridized carbons (Fsp3) is 0.222. The second-order valence-corrected chi connectivity index (χ2v) is 5.63. The second-order valence-electron chi connectivity index (χ2n) is 5.63. The summed E-state index contributed by atoms with van der Waals surface area (Å²) >= 11 is 0. The molecule has 0 spiro atoms. The third-order valence-corrected chi connectivity index (χ3v) is 4.08. The number of fused-ring (bicyclic) bond motifs is 1. The predicted molar refractivity (Wildman–Crippen MR) is 93.5 cm³/mol. The van der Waals surface area contributed by atoms with E-state index in [0.717, 1.165) is 19.5 Å². The first kappa shape index (κ1) is 16.8. The van der Waals surface area contributed by atoms with Crippen molar-refractivity contribution < 1.29 is 14.5 Å². The zero-order valence-electron chi connectivity index (χ0n) is 13.7. The maximum absolute atomic E-state index is 11.7. The van der Waals surface area contributed by atoms with E-state index >= 15 is 0 Å². The Morgan fingerprint density at radius 3 is 2.92 bits per heavy atom.